The molecule has 12 heteroatoms. The first-order chi connectivity index (χ1) is 15.1. The van der Waals surface area contributed by atoms with Gasteiger partial charge in [0, 0.05) is 25.3 Å². The van der Waals surface area contributed by atoms with Crippen LogP contribution in [0.3, 0.4) is 0 Å². The monoisotopic (exact) mass is 449 g/mol. The number of nitrogens with one attached hydrogen (secondary N) is 2. The Labute approximate surface area is 187 Å². The Balaban J connectivity index is 2.80. The number of Topliss-reactive ketones (excluding diaryl/α,β-unsaturated/α-hetero) is 1. The Bertz CT molecular complexity index is 775. The maximum Gasteiger partial charge on any atom is 0.475 e. The smallest absolute Gasteiger partial charge is 0.426 e. The van der Waals surface area contributed by atoms with Gasteiger partial charge in [-0.2, -0.15) is 0 Å². The minimum atomic E-state index is -1.72. The van der Waals surface area contributed by atoms with Crippen LogP contribution >= 0.6 is 0 Å². The molecule has 0 aliphatic heterocycles. The lowest BCUT2D eigenvalue weighted by Gasteiger charge is -2.23. The summed E-state index contributed by atoms with van der Waals surface area (Å²) in [5.74, 6) is -2.38. The van der Waals surface area contributed by atoms with E-state index in [1.165, 1.54) is 0 Å². The highest BCUT2D eigenvalue weighted by Crippen LogP contribution is 2.16. The summed E-state index contributed by atoms with van der Waals surface area (Å²) in [6.45, 7) is 3.91. The van der Waals surface area contributed by atoms with Crippen molar-refractivity contribution in [2.24, 2.45) is 22.6 Å². The zero-order valence-corrected chi connectivity index (χ0v) is 18.4. The number of ketones is 1. The van der Waals surface area contributed by atoms with E-state index >= 15 is 0 Å². The Kier molecular flexibility index (Phi) is 12.0. The van der Waals surface area contributed by atoms with Crippen molar-refractivity contribution in [1.29, 1.82) is 0 Å². The largest absolute Gasteiger partial charge is 0.475 e. The van der Waals surface area contributed by atoms with Crippen molar-refractivity contribution in [3.8, 4) is 0 Å². The molecule has 0 fully saturated rings. The van der Waals surface area contributed by atoms with E-state index in [9.17, 15) is 29.8 Å². The van der Waals surface area contributed by atoms with E-state index in [0.717, 1.165) is 5.56 Å². The quantitative estimate of drug-likeness (QED) is 0.0668. The Morgan fingerprint density at radius 1 is 1.25 bits per heavy atom. The number of nitro groups is 1. The second-order valence-electron chi connectivity index (χ2n) is 8.04. The number of hydrogen-bond donors (Lipinski definition) is 5. The molecule has 2 atom stereocenters. The van der Waals surface area contributed by atoms with E-state index in [4.69, 9.17) is 5.73 Å². The van der Waals surface area contributed by atoms with E-state index in [0.29, 0.717) is 12.8 Å². The van der Waals surface area contributed by atoms with Crippen LogP contribution in [0.25, 0.3) is 0 Å². The third-order valence-electron chi connectivity index (χ3n) is 4.70. The molecular weight excluding hydrogens is 417 g/mol. The van der Waals surface area contributed by atoms with Gasteiger partial charge in [-0.15, -0.1) is 0 Å². The lowest BCUT2D eigenvalue weighted by molar-refractivity contribution is -0.525. The normalized spacial score (nSPS) is 13.3. The molecule has 0 heterocycles. The van der Waals surface area contributed by atoms with Crippen molar-refractivity contribution >= 4 is 24.8 Å². The van der Waals surface area contributed by atoms with Crippen LogP contribution in [-0.2, 0) is 16.0 Å². The number of rotatable bonds is 14. The lowest BCUT2D eigenvalue weighted by atomic mass is 9.74. The number of carbonyl (C=O) groups excluding carboxylic acids is 2. The summed E-state index contributed by atoms with van der Waals surface area (Å²) < 4.78 is 0. The topological polar surface area (TPSA) is 180 Å². The van der Waals surface area contributed by atoms with Crippen LogP contribution in [0.15, 0.2) is 35.3 Å². The van der Waals surface area contributed by atoms with Gasteiger partial charge in [0.15, 0.2) is 5.03 Å². The Hall–Kier alpha value is -2.99. The van der Waals surface area contributed by atoms with Crippen molar-refractivity contribution in [1.82, 2.24) is 10.7 Å². The van der Waals surface area contributed by atoms with Crippen LogP contribution in [0.5, 0.6) is 0 Å². The summed E-state index contributed by atoms with van der Waals surface area (Å²) in [4.78, 5) is 39.6. The molecule has 0 saturated carbocycles. The van der Waals surface area contributed by atoms with Gasteiger partial charge in [0.05, 0.1) is 5.94 Å². The summed E-state index contributed by atoms with van der Waals surface area (Å²) >= 11 is 0. The third kappa shape index (κ3) is 11.4. The summed E-state index contributed by atoms with van der Waals surface area (Å²) in [5, 5.41) is 31.4. The molecule has 32 heavy (non-hydrogen) atoms. The standard InChI is InChI=1S/C20H32BN5O6/c1-14(2)11-18(21(29)30)24-19(28)16(9-6-10-23-20(22)25-26(31)32)13-17(27)12-15-7-4-3-5-8-15/h3-5,7-8,14,16,18,29-30H,6,9-13H2,1-2H3,(H,24,28)(H3,22,23,25)/t16-,18+/m1/s1. The average Bonchev–Trinajstić information content (AvgIpc) is 2.69. The summed E-state index contributed by atoms with van der Waals surface area (Å²) in [6, 6.07) is 9.15. The van der Waals surface area contributed by atoms with Crippen LogP contribution in [-0.4, -0.2) is 52.3 Å². The fourth-order valence-electron chi connectivity index (χ4n) is 3.23. The molecule has 6 N–H and O–H groups in total. The van der Waals surface area contributed by atoms with Crippen LogP contribution < -0.4 is 16.5 Å². The van der Waals surface area contributed by atoms with Gasteiger partial charge in [0.25, 0.3) is 5.96 Å². The molecule has 1 rings (SSSR count). The third-order valence-corrected chi connectivity index (χ3v) is 4.70. The second kappa shape index (κ2) is 14.1. The predicted octanol–water partition coefficient (Wildman–Crippen LogP) is 0.224. The number of benzene rings is 1. The lowest BCUT2D eigenvalue weighted by Crippen LogP contribution is -2.49. The number of nitrogens with two attached hydrogens (primary N) is 1. The first kappa shape index (κ1) is 27.0. The molecular formula is C20H32BN5O6. The highest BCUT2D eigenvalue weighted by molar-refractivity contribution is 6.43. The number of carbonyl (C=O) groups is 2. The molecule has 0 bridgehead atoms. The SMILES string of the molecule is CC(C)C[C@H](NC(=O)[C@H](CCCN=C(N)N[N+](=O)[O-])CC(=O)Cc1ccccc1)B(O)O. The molecule has 0 unspecified atom stereocenters. The molecule has 0 spiro atoms. The Morgan fingerprint density at radius 3 is 2.47 bits per heavy atom. The van der Waals surface area contributed by atoms with Crippen molar-refractivity contribution in [3.63, 3.8) is 0 Å². The summed E-state index contributed by atoms with van der Waals surface area (Å²) in [5.41, 5.74) is 7.94. The number of hydrazine groups is 1. The molecule has 1 amide bonds. The van der Waals surface area contributed by atoms with Gasteiger partial charge in [0.2, 0.25) is 5.91 Å². The number of nitrogens with zero attached hydrogens (tertiary/aromatic N) is 2. The van der Waals surface area contributed by atoms with E-state index in [1.54, 1.807) is 5.43 Å². The maximum absolute atomic E-state index is 12.9. The van der Waals surface area contributed by atoms with Gasteiger partial charge in [-0.1, -0.05) is 49.6 Å². The van der Waals surface area contributed by atoms with Gasteiger partial charge < -0.3 is 21.1 Å². The van der Waals surface area contributed by atoms with E-state index in [-0.39, 0.29) is 43.5 Å². The second-order valence-corrected chi connectivity index (χ2v) is 8.04. The van der Waals surface area contributed by atoms with Gasteiger partial charge in [-0.25, -0.2) is 15.1 Å². The van der Waals surface area contributed by atoms with Crippen molar-refractivity contribution in [3.05, 3.63) is 46.0 Å². The van der Waals surface area contributed by atoms with Crippen molar-refractivity contribution in [2.45, 2.75) is 51.9 Å². The zero-order valence-electron chi connectivity index (χ0n) is 18.4. The van der Waals surface area contributed by atoms with Crippen molar-refractivity contribution in [2.75, 3.05) is 6.54 Å². The summed E-state index contributed by atoms with van der Waals surface area (Å²) in [6.07, 6.45) is 1.15. The first-order valence-corrected chi connectivity index (χ1v) is 10.5. The maximum atomic E-state index is 12.9. The average molecular weight is 449 g/mol. The van der Waals surface area contributed by atoms with Gasteiger partial charge in [0.1, 0.15) is 5.78 Å². The highest BCUT2D eigenvalue weighted by atomic mass is 16.7. The van der Waals surface area contributed by atoms with Gasteiger partial charge in [-0.3, -0.25) is 9.59 Å². The molecule has 0 radical (unpaired) electrons. The van der Waals surface area contributed by atoms with Crippen LogP contribution in [0.2, 0.25) is 0 Å². The minimum Gasteiger partial charge on any atom is -0.426 e. The molecule has 11 nitrogen and oxygen atoms in total. The molecule has 0 aliphatic carbocycles. The fourth-order valence-corrected chi connectivity index (χ4v) is 3.23. The van der Waals surface area contributed by atoms with E-state index in [1.807, 2.05) is 44.2 Å². The van der Waals surface area contributed by atoms with Crippen LogP contribution in [0.4, 0.5) is 0 Å². The molecule has 1 aromatic rings. The van der Waals surface area contributed by atoms with Crippen LogP contribution in [0, 0.1) is 22.0 Å². The number of guanidine groups is 1. The first-order valence-electron chi connectivity index (χ1n) is 10.5. The van der Waals surface area contributed by atoms with Gasteiger partial charge >= 0.3 is 7.12 Å². The number of aliphatic imine (C=N–C) groups is 1. The summed E-state index contributed by atoms with van der Waals surface area (Å²) in [7, 11) is -1.72. The van der Waals surface area contributed by atoms with Crippen LogP contribution in [0.1, 0.15) is 45.1 Å². The molecule has 1 aromatic carbocycles. The molecule has 0 aliphatic rings. The number of hydrogen-bond acceptors (Lipinski definition) is 7. The van der Waals surface area contributed by atoms with E-state index in [2.05, 4.69) is 10.3 Å². The van der Waals surface area contributed by atoms with Crippen molar-refractivity contribution < 1.29 is 24.7 Å². The minimum absolute atomic E-state index is 0.0248. The molecule has 0 saturated heterocycles. The Morgan fingerprint density at radius 2 is 1.91 bits per heavy atom. The molecule has 0 aromatic heterocycles. The van der Waals surface area contributed by atoms with Gasteiger partial charge in [-0.05, 0) is 30.7 Å². The highest BCUT2D eigenvalue weighted by Gasteiger charge is 2.30. The van der Waals surface area contributed by atoms with E-state index < -0.39 is 29.9 Å². The number of amides is 1. The predicted molar refractivity (Wildman–Crippen MR) is 121 cm³/mol. The zero-order chi connectivity index (χ0) is 24.1. The fraction of sp³-hybridized carbons (Fsp3) is 0.550. The molecule has 176 valence electrons.